The fraction of sp³-hybridized carbons (Fsp3) is 0.0500. The van der Waals surface area contributed by atoms with Gasteiger partial charge in [0.15, 0.2) is 0 Å². The largest absolute Gasteiger partial charge is 0.306 e. The zero-order valence-corrected chi connectivity index (χ0v) is 34.5. The normalized spacial score (nSPS) is 13.1. The molecule has 12 aromatic rings. The molecule has 0 spiro atoms. The zero-order chi connectivity index (χ0) is 41.1. The number of fused-ring (bicyclic) bond motifs is 10. The molecule has 1 aliphatic carbocycles. The Morgan fingerprint density at radius 2 is 0.935 bits per heavy atom. The van der Waals surface area contributed by atoms with Crippen molar-refractivity contribution in [1.82, 2.24) is 9.38 Å². The first-order valence-electron chi connectivity index (χ1n) is 21.6. The van der Waals surface area contributed by atoms with E-state index in [0.29, 0.717) is 0 Å². The van der Waals surface area contributed by atoms with Crippen LogP contribution in [0, 0.1) is 0 Å². The van der Waals surface area contributed by atoms with Crippen LogP contribution in [0.5, 0.6) is 0 Å². The lowest BCUT2D eigenvalue weighted by atomic mass is 9.79. The monoisotopic (exact) mass is 788 g/mol. The Bertz CT molecular complexity index is 3830. The van der Waals surface area contributed by atoms with Crippen molar-refractivity contribution >= 4 is 59.5 Å². The lowest BCUT2D eigenvalue weighted by molar-refractivity contribution is 0.661. The van der Waals surface area contributed by atoms with Crippen molar-refractivity contribution in [3.05, 3.63) is 218 Å². The molecule has 0 saturated carbocycles. The maximum atomic E-state index is 5.12. The minimum absolute atomic E-state index is 0.142. The average molecular weight is 789 g/mol. The first-order valence-corrected chi connectivity index (χ1v) is 21.6. The Morgan fingerprint density at radius 3 is 1.68 bits per heavy atom. The Labute approximate surface area is 360 Å². The Kier molecular flexibility index (Phi) is 7.39. The number of hydrogen-bond acceptors (Lipinski definition) is 1. The van der Waals surface area contributed by atoms with Crippen molar-refractivity contribution in [1.29, 1.82) is 0 Å². The summed E-state index contributed by atoms with van der Waals surface area (Å²) in [6, 6.07) is 72.2. The van der Waals surface area contributed by atoms with Gasteiger partial charge in [-0.1, -0.05) is 172 Å². The van der Waals surface area contributed by atoms with Crippen LogP contribution in [0.1, 0.15) is 25.0 Å². The van der Waals surface area contributed by atoms with E-state index in [2.05, 4.69) is 225 Å². The van der Waals surface area contributed by atoms with E-state index in [9.17, 15) is 0 Å². The molecule has 2 heteroatoms. The second kappa shape index (κ2) is 13.1. The van der Waals surface area contributed by atoms with Gasteiger partial charge >= 0.3 is 0 Å². The highest BCUT2D eigenvalue weighted by molar-refractivity contribution is 6.23. The number of pyridine rings is 1. The summed E-state index contributed by atoms with van der Waals surface area (Å²) in [6.07, 6.45) is 4.24. The molecular weight excluding hydrogens is 749 g/mol. The molecule has 0 atom stereocenters. The predicted molar refractivity (Wildman–Crippen MR) is 262 cm³/mol. The highest BCUT2D eigenvalue weighted by atomic mass is 15.0. The van der Waals surface area contributed by atoms with Crippen molar-refractivity contribution in [2.75, 3.05) is 0 Å². The van der Waals surface area contributed by atoms with Crippen LogP contribution in [0.3, 0.4) is 0 Å². The molecule has 0 fully saturated rings. The third-order valence-electron chi connectivity index (χ3n) is 13.8. The van der Waals surface area contributed by atoms with Gasteiger partial charge in [0.25, 0.3) is 0 Å². The molecule has 0 aliphatic heterocycles. The third kappa shape index (κ3) is 5.20. The summed E-state index contributed by atoms with van der Waals surface area (Å²) >= 11 is 0. The molecule has 0 N–H and O–H groups in total. The van der Waals surface area contributed by atoms with Crippen molar-refractivity contribution in [3.63, 3.8) is 0 Å². The van der Waals surface area contributed by atoms with Crippen LogP contribution in [-0.4, -0.2) is 9.38 Å². The van der Waals surface area contributed by atoms with Crippen LogP contribution in [-0.2, 0) is 5.41 Å². The van der Waals surface area contributed by atoms with Gasteiger partial charge in [-0.15, -0.1) is 0 Å². The van der Waals surface area contributed by atoms with E-state index in [1.165, 1.54) is 104 Å². The molecule has 2 nitrogen and oxygen atoms in total. The molecule has 10 aromatic carbocycles. The predicted octanol–water partition coefficient (Wildman–Crippen LogP) is 16.1. The van der Waals surface area contributed by atoms with Gasteiger partial charge in [-0.25, -0.2) is 4.98 Å². The van der Waals surface area contributed by atoms with Gasteiger partial charge in [0.2, 0.25) is 0 Å². The molecule has 0 radical (unpaired) electrons. The first kappa shape index (κ1) is 35.0. The third-order valence-corrected chi connectivity index (χ3v) is 13.8. The van der Waals surface area contributed by atoms with Crippen LogP contribution >= 0.6 is 0 Å². The zero-order valence-electron chi connectivity index (χ0n) is 34.5. The second-order valence-corrected chi connectivity index (χ2v) is 17.6. The maximum Gasteiger partial charge on any atom is 0.145 e. The van der Waals surface area contributed by atoms with E-state index < -0.39 is 0 Å². The number of aromatic nitrogens is 2. The molecule has 290 valence electrons. The second-order valence-electron chi connectivity index (χ2n) is 17.6. The van der Waals surface area contributed by atoms with E-state index in [1.807, 2.05) is 0 Å². The molecule has 0 unspecified atom stereocenters. The average Bonchev–Trinajstić information content (AvgIpc) is 3.86. The van der Waals surface area contributed by atoms with E-state index >= 15 is 0 Å². The lowest BCUT2D eigenvalue weighted by Crippen LogP contribution is -2.14. The number of imidazole rings is 1. The Balaban J connectivity index is 1.07. The van der Waals surface area contributed by atoms with Crippen LogP contribution in [0.2, 0.25) is 0 Å². The van der Waals surface area contributed by atoms with Crippen molar-refractivity contribution in [2.24, 2.45) is 0 Å². The van der Waals surface area contributed by atoms with Gasteiger partial charge in [-0.3, -0.25) is 0 Å². The quantitative estimate of drug-likeness (QED) is 0.162. The van der Waals surface area contributed by atoms with Crippen LogP contribution in [0.15, 0.2) is 207 Å². The van der Waals surface area contributed by atoms with Gasteiger partial charge in [0.1, 0.15) is 5.65 Å². The SMILES string of the molecule is CC1(C)c2ccccc2-c2cc3c(-c4ccc5ccccc5c4)c4ccc(-c5ccc(-c6cn7ccc8ccccc8c7n6)cc5)cc4c(-c4ccc5ccccc5c4)c3cc21. The Morgan fingerprint density at radius 1 is 0.371 bits per heavy atom. The summed E-state index contributed by atoms with van der Waals surface area (Å²) in [4.78, 5) is 5.12. The first-order chi connectivity index (χ1) is 30.5. The van der Waals surface area contributed by atoms with Crippen molar-refractivity contribution < 1.29 is 0 Å². The fourth-order valence-corrected chi connectivity index (χ4v) is 10.6. The Hall–Kier alpha value is -7.81. The lowest BCUT2D eigenvalue weighted by Gasteiger charge is -2.24. The molecule has 0 saturated heterocycles. The summed E-state index contributed by atoms with van der Waals surface area (Å²) in [6.45, 7) is 4.78. The molecule has 0 bridgehead atoms. The van der Waals surface area contributed by atoms with Gasteiger partial charge in [-0.05, 0) is 141 Å². The fourth-order valence-electron chi connectivity index (χ4n) is 10.6. The summed E-state index contributed by atoms with van der Waals surface area (Å²) in [5, 5.41) is 12.4. The van der Waals surface area contributed by atoms with E-state index in [1.54, 1.807) is 0 Å². The minimum atomic E-state index is -0.142. The molecule has 2 aromatic heterocycles. The summed E-state index contributed by atoms with van der Waals surface area (Å²) in [5.41, 5.74) is 15.7. The highest BCUT2D eigenvalue weighted by Crippen LogP contribution is 2.53. The summed E-state index contributed by atoms with van der Waals surface area (Å²) in [7, 11) is 0. The van der Waals surface area contributed by atoms with Gasteiger partial charge < -0.3 is 4.40 Å². The van der Waals surface area contributed by atoms with Gasteiger partial charge in [-0.2, -0.15) is 0 Å². The topological polar surface area (TPSA) is 17.3 Å². The molecule has 2 heterocycles. The van der Waals surface area contributed by atoms with E-state index in [0.717, 1.165) is 22.3 Å². The smallest absolute Gasteiger partial charge is 0.145 e. The minimum Gasteiger partial charge on any atom is -0.306 e. The molecule has 0 amide bonds. The number of rotatable bonds is 4. The molecular formula is C60H40N2. The van der Waals surface area contributed by atoms with E-state index in [-0.39, 0.29) is 5.41 Å². The standard InChI is InChI=1S/C60H40N2/c1-60(2)54-18-10-9-17-48(54)50-34-52-53(35-55(50)60)58(46-26-22-38-12-4-6-15-43(38)32-46)51-33-44(27-28-49(51)57(52)45-25-21-37-11-3-5-14-42(37)31-45)39-19-23-41(24-20-39)56-36-62-30-29-40-13-7-8-16-47(40)59(62)61-56/h3-36H,1-2H3. The van der Waals surface area contributed by atoms with Gasteiger partial charge in [0.05, 0.1) is 5.69 Å². The number of nitrogens with zero attached hydrogens (tertiary/aromatic N) is 2. The van der Waals surface area contributed by atoms with Crippen LogP contribution < -0.4 is 0 Å². The summed E-state index contributed by atoms with van der Waals surface area (Å²) < 4.78 is 2.13. The highest BCUT2D eigenvalue weighted by Gasteiger charge is 2.36. The number of hydrogen-bond donors (Lipinski definition) is 0. The van der Waals surface area contributed by atoms with E-state index in [4.69, 9.17) is 4.98 Å². The molecule has 1 aliphatic rings. The van der Waals surface area contributed by atoms with Crippen molar-refractivity contribution in [2.45, 2.75) is 19.3 Å². The number of benzene rings is 10. The van der Waals surface area contributed by atoms with Gasteiger partial charge in [0, 0.05) is 28.8 Å². The molecule has 13 rings (SSSR count). The van der Waals surface area contributed by atoms with Crippen LogP contribution in [0.4, 0.5) is 0 Å². The molecule has 62 heavy (non-hydrogen) atoms. The van der Waals surface area contributed by atoms with Crippen molar-refractivity contribution in [3.8, 4) is 55.8 Å². The van der Waals surface area contributed by atoms with Crippen LogP contribution in [0.25, 0.3) is 115 Å². The maximum absolute atomic E-state index is 5.12. The summed E-state index contributed by atoms with van der Waals surface area (Å²) in [5.74, 6) is 0.